The first-order chi connectivity index (χ1) is 9.41. The van der Waals surface area contributed by atoms with Crippen LogP contribution < -0.4 is 5.32 Å². The predicted molar refractivity (Wildman–Crippen MR) is 69.2 cm³/mol. The largest absolute Gasteiger partial charge is 0.480 e. The van der Waals surface area contributed by atoms with Gasteiger partial charge in [-0.3, -0.25) is 4.79 Å². The van der Waals surface area contributed by atoms with E-state index in [0.29, 0.717) is 11.5 Å². The minimum atomic E-state index is -1.07. The Morgan fingerprint density at radius 1 is 1.35 bits per heavy atom. The van der Waals surface area contributed by atoms with E-state index in [0.717, 1.165) is 0 Å². The number of hydrogen-bond donors (Lipinski definition) is 2. The van der Waals surface area contributed by atoms with Crippen molar-refractivity contribution < 1.29 is 14.7 Å². The fourth-order valence-electron chi connectivity index (χ4n) is 1.85. The zero-order valence-corrected chi connectivity index (χ0v) is 11.4. The Balaban J connectivity index is 2.31. The number of carbonyl (C=O) groups is 2. The van der Waals surface area contributed by atoms with E-state index in [-0.39, 0.29) is 11.5 Å². The lowest BCUT2D eigenvalue weighted by atomic mass is 10.0. The van der Waals surface area contributed by atoms with E-state index < -0.39 is 17.9 Å². The second-order valence-corrected chi connectivity index (χ2v) is 4.76. The van der Waals surface area contributed by atoms with Crippen LogP contribution in [-0.4, -0.2) is 42.6 Å². The van der Waals surface area contributed by atoms with Crippen LogP contribution >= 0.6 is 0 Å². The van der Waals surface area contributed by atoms with E-state index in [9.17, 15) is 9.59 Å². The molecule has 0 radical (unpaired) electrons. The molecule has 0 fully saturated rings. The maximum Gasteiger partial charge on any atom is 0.326 e. The van der Waals surface area contributed by atoms with Gasteiger partial charge in [0.1, 0.15) is 12.4 Å². The maximum absolute atomic E-state index is 12.2. The third-order valence-electron chi connectivity index (χ3n) is 3.01. The van der Waals surface area contributed by atoms with Crippen molar-refractivity contribution in [3.05, 3.63) is 23.8 Å². The Labute approximate surface area is 114 Å². The van der Waals surface area contributed by atoms with Gasteiger partial charge in [0.05, 0.1) is 11.3 Å². The summed E-state index contributed by atoms with van der Waals surface area (Å²) in [6, 6.07) is -0.951. The van der Waals surface area contributed by atoms with Crippen LogP contribution in [0.1, 0.15) is 29.9 Å². The van der Waals surface area contributed by atoms with Crippen molar-refractivity contribution in [1.29, 1.82) is 0 Å². The van der Waals surface area contributed by atoms with Crippen LogP contribution in [0.2, 0.25) is 0 Å². The Hall–Kier alpha value is -2.51. The smallest absolute Gasteiger partial charge is 0.326 e. The summed E-state index contributed by atoms with van der Waals surface area (Å²) in [5.74, 6) is -1.40. The summed E-state index contributed by atoms with van der Waals surface area (Å²) in [6.45, 7) is 5.15. The van der Waals surface area contributed by atoms with Gasteiger partial charge in [-0.25, -0.2) is 14.3 Å². The summed E-state index contributed by atoms with van der Waals surface area (Å²) in [6.07, 6.45) is 2.71. The zero-order chi connectivity index (χ0) is 14.9. The molecule has 0 saturated heterocycles. The summed E-state index contributed by atoms with van der Waals surface area (Å²) < 4.78 is 1.43. The van der Waals surface area contributed by atoms with Gasteiger partial charge in [0.15, 0.2) is 0 Å². The Kier molecular flexibility index (Phi) is 3.64. The van der Waals surface area contributed by atoms with Crippen LogP contribution in [0.4, 0.5) is 0 Å². The lowest BCUT2D eigenvalue weighted by Crippen LogP contribution is -2.44. The van der Waals surface area contributed by atoms with Crippen molar-refractivity contribution in [2.45, 2.75) is 26.8 Å². The number of aromatic nitrogens is 4. The van der Waals surface area contributed by atoms with Gasteiger partial charge in [-0.2, -0.15) is 10.1 Å². The number of carboxylic acids is 1. The van der Waals surface area contributed by atoms with Crippen LogP contribution in [0.3, 0.4) is 0 Å². The summed E-state index contributed by atoms with van der Waals surface area (Å²) in [5, 5.41) is 15.5. The van der Waals surface area contributed by atoms with Crippen molar-refractivity contribution in [2.75, 3.05) is 0 Å². The molecule has 0 bridgehead atoms. The molecule has 2 aromatic heterocycles. The van der Waals surface area contributed by atoms with Crippen molar-refractivity contribution in [3.63, 3.8) is 0 Å². The number of hydrogen-bond acceptors (Lipinski definition) is 5. The zero-order valence-electron chi connectivity index (χ0n) is 11.4. The molecule has 2 rings (SSSR count). The molecule has 106 valence electrons. The predicted octanol–water partition coefficient (Wildman–Crippen LogP) is 0.272. The number of carbonyl (C=O) groups excluding carboxylic acids is 1. The molecule has 0 unspecified atom stereocenters. The minimum absolute atomic E-state index is 0.222. The summed E-state index contributed by atoms with van der Waals surface area (Å²) in [7, 11) is 0. The molecule has 0 aliphatic rings. The normalized spacial score (nSPS) is 12.6. The molecule has 2 aromatic rings. The van der Waals surface area contributed by atoms with E-state index in [2.05, 4.69) is 20.4 Å². The van der Waals surface area contributed by atoms with Gasteiger partial charge in [0, 0.05) is 6.20 Å². The SMILES string of the molecule is Cc1c(C(=O)N[C@@H](C(=O)O)C(C)C)cnc2ncnn12. The lowest BCUT2D eigenvalue weighted by Gasteiger charge is -2.18. The van der Waals surface area contributed by atoms with Gasteiger partial charge >= 0.3 is 5.97 Å². The lowest BCUT2D eigenvalue weighted by molar-refractivity contribution is -0.140. The van der Waals surface area contributed by atoms with Gasteiger partial charge in [0.2, 0.25) is 0 Å². The highest BCUT2D eigenvalue weighted by atomic mass is 16.4. The van der Waals surface area contributed by atoms with Crippen molar-refractivity contribution >= 4 is 17.7 Å². The Morgan fingerprint density at radius 3 is 2.65 bits per heavy atom. The fraction of sp³-hybridized carbons (Fsp3) is 0.417. The van der Waals surface area contributed by atoms with E-state index in [1.54, 1.807) is 20.8 Å². The highest BCUT2D eigenvalue weighted by Gasteiger charge is 2.25. The minimum Gasteiger partial charge on any atom is -0.480 e. The molecule has 0 aromatic carbocycles. The van der Waals surface area contributed by atoms with E-state index in [4.69, 9.17) is 5.11 Å². The third kappa shape index (κ3) is 2.44. The van der Waals surface area contributed by atoms with E-state index >= 15 is 0 Å². The van der Waals surface area contributed by atoms with Gasteiger partial charge < -0.3 is 10.4 Å². The van der Waals surface area contributed by atoms with Crippen LogP contribution in [0, 0.1) is 12.8 Å². The number of aliphatic carboxylic acids is 1. The monoisotopic (exact) mass is 277 g/mol. The molecule has 20 heavy (non-hydrogen) atoms. The first kappa shape index (κ1) is 13.9. The van der Waals surface area contributed by atoms with Crippen LogP contribution in [0.25, 0.3) is 5.78 Å². The van der Waals surface area contributed by atoms with Gasteiger partial charge in [-0.05, 0) is 12.8 Å². The second-order valence-electron chi connectivity index (χ2n) is 4.76. The molecule has 0 spiro atoms. The first-order valence-electron chi connectivity index (χ1n) is 6.10. The van der Waals surface area contributed by atoms with Gasteiger partial charge in [-0.1, -0.05) is 13.8 Å². The van der Waals surface area contributed by atoms with Crippen molar-refractivity contribution in [1.82, 2.24) is 24.9 Å². The number of nitrogens with one attached hydrogen (secondary N) is 1. The molecule has 0 aliphatic carbocycles. The topological polar surface area (TPSA) is 109 Å². The van der Waals surface area contributed by atoms with Crippen molar-refractivity contribution in [3.8, 4) is 0 Å². The number of nitrogens with zero attached hydrogens (tertiary/aromatic N) is 4. The average Bonchev–Trinajstić information content (AvgIpc) is 2.84. The number of aryl methyl sites for hydroxylation is 1. The standard InChI is InChI=1S/C12H15N5O3/c1-6(2)9(11(19)20)16-10(18)8-4-13-12-14-5-15-17(12)7(8)3/h4-6,9H,1-3H3,(H,16,18)(H,19,20)/t9-/m1/s1. The molecule has 1 amide bonds. The molecule has 1 atom stereocenters. The maximum atomic E-state index is 12.2. The Bertz CT molecular complexity index is 664. The third-order valence-corrected chi connectivity index (χ3v) is 3.01. The number of amides is 1. The van der Waals surface area contributed by atoms with E-state index in [1.807, 2.05) is 0 Å². The van der Waals surface area contributed by atoms with Gasteiger partial charge in [-0.15, -0.1) is 0 Å². The molecule has 0 aliphatic heterocycles. The molecular weight excluding hydrogens is 262 g/mol. The van der Waals surface area contributed by atoms with Crippen LogP contribution in [-0.2, 0) is 4.79 Å². The molecule has 8 nitrogen and oxygen atoms in total. The highest BCUT2D eigenvalue weighted by Crippen LogP contribution is 2.09. The average molecular weight is 277 g/mol. The van der Waals surface area contributed by atoms with Crippen LogP contribution in [0.5, 0.6) is 0 Å². The molecule has 0 saturated carbocycles. The molecular formula is C12H15N5O3. The first-order valence-corrected chi connectivity index (χ1v) is 6.10. The molecule has 2 N–H and O–H groups in total. The fourth-order valence-corrected chi connectivity index (χ4v) is 1.85. The summed E-state index contributed by atoms with van der Waals surface area (Å²) in [4.78, 5) is 31.2. The Morgan fingerprint density at radius 2 is 2.05 bits per heavy atom. The summed E-state index contributed by atoms with van der Waals surface area (Å²) in [5.41, 5.74) is 0.827. The van der Waals surface area contributed by atoms with E-state index in [1.165, 1.54) is 17.0 Å². The molecule has 2 heterocycles. The van der Waals surface area contributed by atoms with Crippen molar-refractivity contribution in [2.24, 2.45) is 5.92 Å². The number of fused-ring (bicyclic) bond motifs is 1. The second kappa shape index (κ2) is 5.24. The number of rotatable bonds is 4. The highest BCUT2D eigenvalue weighted by molar-refractivity contribution is 5.97. The van der Waals surface area contributed by atoms with Gasteiger partial charge in [0.25, 0.3) is 11.7 Å². The molecule has 8 heteroatoms. The van der Waals surface area contributed by atoms with Crippen LogP contribution in [0.15, 0.2) is 12.5 Å². The number of carboxylic acid groups (broad SMARTS) is 1. The quantitative estimate of drug-likeness (QED) is 0.830. The summed E-state index contributed by atoms with van der Waals surface area (Å²) >= 11 is 0.